The lowest BCUT2D eigenvalue weighted by atomic mass is 10.1. The maximum absolute atomic E-state index is 12.9. The van der Waals surface area contributed by atoms with Crippen molar-refractivity contribution in [2.24, 2.45) is 4.99 Å². The van der Waals surface area contributed by atoms with Gasteiger partial charge in [-0.3, -0.25) is 14.3 Å². The molecule has 0 aliphatic carbocycles. The van der Waals surface area contributed by atoms with Crippen LogP contribution < -0.4 is 21.1 Å². The summed E-state index contributed by atoms with van der Waals surface area (Å²) in [6, 6.07) is 19.3. The number of benzene rings is 2. The quantitative estimate of drug-likeness (QED) is 0.610. The smallest absolute Gasteiger partial charge is 0.255 e. The molecular weight excluding hydrogens is 436 g/mol. The summed E-state index contributed by atoms with van der Waals surface area (Å²) in [6.07, 6.45) is 3.68. The van der Waals surface area contributed by atoms with Crippen molar-refractivity contribution in [3.63, 3.8) is 0 Å². The van der Waals surface area contributed by atoms with Crippen LogP contribution in [0, 0.1) is 0 Å². The van der Waals surface area contributed by atoms with E-state index in [1.54, 1.807) is 10.6 Å². The number of halogens is 1. The summed E-state index contributed by atoms with van der Waals surface area (Å²) < 4.78 is 1.74. The molecule has 168 valence electrons. The Labute approximate surface area is 197 Å². The molecule has 1 aromatic heterocycles. The van der Waals surface area contributed by atoms with Crippen LogP contribution in [0.25, 0.3) is 11.3 Å². The van der Waals surface area contributed by atoms with Crippen LogP contribution in [0.2, 0.25) is 5.02 Å². The van der Waals surface area contributed by atoms with Crippen LogP contribution in [0.15, 0.2) is 82.3 Å². The summed E-state index contributed by atoms with van der Waals surface area (Å²) >= 11 is 6.26. The van der Waals surface area contributed by atoms with Gasteiger partial charge in [-0.2, -0.15) is 0 Å². The van der Waals surface area contributed by atoms with Gasteiger partial charge in [0.15, 0.2) is 5.96 Å². The van der Waals surface area contributed by atoms with Crippen LogP contribution in [0.5, 0.6) is 0 Å². The second-order valence-corrected chi connectivity index (χ2v) is 8.38. The first-order chi connectivity index (χ1) is 16.2. The van der Waals surface area contributed by atoms with Gasteiger partial charge in [0.2, 0.25) is 5.95 Å². The average Bonchev–Trinajstić information content (AvgIpc) is 2.86. The van der Waals surface area contributed by atoms with Crippen molar-refractivity contribution < 1.29 is 0 Å². The molecule has 8 heteroatoms. The zero-order chi connectivity index (χ0) is 22.6. The van der Waals surface area contributed by atoms with Gasteiger partial charge in [0, 0.05) is 36.3 Å². The SMILES string of the molecule is O=c1cc(-c2ccccc2)nc2n1CCCN2C1=CCN=C(NCCc2ccccc2Cl)N1. The van der Waals surface area contributed by atoms with E-state index >= 15 is 0 Å². The Bertz CT molecular complexity index is 1270. The van der Waals surface area contributed by atoms with E-state index in [4.69, 9.17) is 16.6 Å². The van der Waals surface area contributed by atoms with Gasteiger partial charge in [-0.25, -0.2) is 9.98 Å². The number of hydrogen-bond acceptors (Lipinski definition) is 6. The first kappa shape index (κ1) is 21.3. The van der Waals surface area contributed by atoms with Crippen molar-refractivity contribution in [3.05, 3.63) is 93.5 Å². The third-order valence-corrected chi connectivity index (χ3v) is 6.15. The normalized spacial score (nSPS) is 15.2. The summed E-state index contributed by atoms with van der Waals surface area (Å²) in [5, 5.41) is 7.52. The van der Waals surface area contributed by atoms with E-state index in [2.05, 4.69) is 20.5 Å². The lowest BCUT2D eigenvalue weighted by Gasteiger charge is -2.34. The molecule has 0 radical (unpaired) electrons. The highest BCUT2D eigenvalue weighted by atomic mass is 35.5. The largest absolute Gasteiger partial charge is 0.356 e. The second-order valence-electron chi connectivity index (χ2n) is 7.97. The number of nitrogens with one attached hydrogen (secondary N) is 2. The van der Waals surface area contributed by atoms with Crippen LogP contribution in [0.3, 0.4) is 0 Å². The minimum Gasteiger partial charge on any atom is -0.356 e. The van der Waals surface area contributed by atoms with E-state index < -0.39 is 0 Å². The highest BCUT2D eigenvalue weighted by Gasteiger charge is 2.25. The summed E-state index contributed by atoms with van der Waals surface area (Å²) in [6.45, 7) is 2.69. The standard InChI is InChI=1S/C25H25ClN6O/c26-20-10-5-4-7-18(20)11-13-27-24-28-14-12-22(30-24)31-15-6-16-32-23(33)17-21(29-25(31)32)19-8-2-1-3-9-19/h1-5,7-10,12,17H,6,11,13-16H2,(H2,27,28,30). The molecular formula is C25H25ClN6O. The topological polar surface area (TPSA) is 74.5 Å². The van der Waals surface area contributed by atoms with Crippen molar-refractivity contribution in [1.29, 1.82) is 0 Å². The average molecular weight is 461 g/mol. The van der Waals surface area contributed by atoms with Crippen LogP contribution in [-0.2, 0) is 13.0 Å². The highest BCUT2D eigenvalue weighted by Crippen LogP contribution is 2.24. The lowest BCUT2D eigenvalue weighted by molar-refractivity contribution is 0.547. The fraction of sp³-hybridized carbons (Fsp3) is 0.240. The first-order valence-electron chi connectivity index (χ1n) is 11.1. The van der Waals surface area contributed by atoms with Gasteiger partial charge >= 0.3 is 0 Å². The maximum atomic E-state index is 12.9. The first-order valence-corrected chi connectivity index (χ1v) is 11.5. The molecule has 0 fully saturated rings. The molecule has 0 unspecified atom stereocenters. The molecule has 0 amide bonds. The van der Waals surface area contributed by atoms with Gasteiger partial charge in [0.05, 0.1) is 12.2 Å². The number of rotatable bonds is 5. The zero-order valence-corrected chi connectivity index (χ0v) is 18.9. The maximum Gasteiger partial charge on any atom is 0.255 e. The molecule has 2 aliphatic rings. The van der Waals surface area contributed by atoms with Gasteiger partial charge < -0.3 is 10.6 Å². The van der Waals surface area contributed by atoms with Crippen molar-refractivity contribution in [3.8, 4) is 11.3 Å². The van der Waals surface area contributed by atoms with E-state index in [1.807, 2.05) is 60.7 Å². The molecule has 2 aromatic carbocycles. The molecule has 0 bridgehead atoms. The van der Waals surface area contributed by atoms with Crippen molar-refractivity contribution in [1.82, 2.24) is 20.2 Å². The fourth-order valence-corrected chi connectivity index (χ4v) is 4.34. The van der Waals surface area contributed by atoms with Crippen LogP contribution in [-0.4, -0.2) is 35.1 Å². The number of aromatic nitrogens is 2. The number of anilines is 1. The van der Waals surface area contributed by atoms with Gasteiger partial charge in [0.1, 0.15) is 5.82 Å². The molecule has 3 heterocycles. The predicted molar refractivity (Wildman–Crippen MR) is 133 cm³/mol. The number of guanidine groups is 1. The molecule has 0 spiro atoms. The molecule has 3 aromatic rings. The molecule has 2 aliphatic heterocycles. The van der Waals surface area contributed by atoms with Gasteiger partial charge in [0.25, 0.3) is 5.56 Å². The molecule has 0 atom stereocenters. The van der Waals surface area contributed by atoms with E-state index in [1.165, 1.54) is 0 Å². The highest BCUT2D eigenvalue weighted by molar-refractivity contribution is 6.31. The van der Waals surface area contributed by atoms with E-state index in [-0.39, 0.29) is 5.56 Å². The third-order valence-electron chi connectivity index (χ3n) is 5.78. The summed E-state index contributed by atoms with van der Waals surface area (Å²) in [5.41, 5.74) is 2.67. The minimum atomic E-state index is -0.0354. The van der Waals surface area contributed by atoms with Crippen LogP contribution in [0.4, 0.5) is 5.95 Å². The van der Waals surface area contributed by atoms with Gasteiger partial charge in [-0.15, -0.1) is 0 Å². The molecule has 33 heavy (non-hydrogen) atoms. The molecule has 7 nitrogen and oxygen atoms in total. The monoisotopic (exact) mass is 460 g/mol. The summed E-state index contributed by atoms with van der Waals surface area (Å²) in [4.78, 5) is 24.3. The molecule has 5 rings (SSSR count). The Balaban J connectivity index is 1.32. The Hall–Kier alpha value is -3.58. The predicted octanol–water partition coefficient (Wildman–Crippen LogP) is 3.41. The number of aliphatic imine (C=N–C) groups is 1. The molecule has 0 saturated heterocycles. The van der Waals surface area contributed by atoms with Crippen molar-refractivity contribution >= 4 is 23.5 Å². The Morgan fingerprint density at radius 2 is 1.88 bits per heavy atom. The molecule has 2 N–H and O–H groups in total. The van der Waals surface area contributed by atoms with Gasteiger partial charge in [-0.05, 0) is 30.5 Å². The fourth-order valence-electron chi connectivity index (χ4n) is 4.11. The Morgan fingerprint density at radius 1 is 1.06 bits per heavy atom. The van der Waals surface area contributed by atoms with Gasteiger partial charge in [-0.1, -0.05) is 60.1 Å². The minimum absolute atomic E-state index is 0.0354. The van der Waals surface area contributed by atoms with Crippen molar-refractivity contribution in [2.75, 3.05) is 24.5 Å². The van der Waals surface area contributed by atoms with Crippen LogP contribution in [0.1, 0.15) is 12.0 Å². The number of fused-ring (bicyclic) bond motifs is 1. The summed E-state index contributed by atoms with van der Waals surface area (Å²) in [7, 11) is 0. The van der Waals surface area contributed by atoms with Crippen LogP contribution >= 0.6 is 11.6 Å². The lowest BCUT2D eigenvalue weighted by Crippen LogP contribution is -2.48. The van der Waals surface area contributed by atoms with E-state index in [9.17, 15) is 4.79 Å². The molecule has 0 saturated carbocycles. The Kier molecular flexibility index (Phi) is 6.13. The number of hydrogen-bond donors (Lipinski definition) is 2. The third kappa shape index (κ3) is 4.64. The Morgan fingerprint density at radius 3 is 2.73 bits per heavy atom. The second kappa shape index (κ2) is 9.50. The summed E-state index contributed by atoms with van der Waals surface area (Å²) in [5.74, 6) is 2.25. The van der Waals surface area contributed by atoms with E-state index in [0.29, 0.717) is 37.2 Å². The van der Waals surface area contributed by atoms with Crippen molar-refractivity contribution in [2.45, 2.75) is 19.4 Å². The number of nitrogens with zero attached hydrogens (tertiary/aromatic N) is 4. The van der Waals surface area contributed by atoms with E-state index in [0.717, 1.165) is 41.4 Å². The zero-order valence-electron chi connectivity index (χ0n) is 18.2.